The van der Waals surface area contributed by atoms with Crippen molar-refractivity contribution in [3.8, 4) is 17.2 Å². The van der Waals surface area contributed by atoms with Crippen molar-refractivity contribution < 1.29 is 33.0 Å². The highest BCUT2D eigenvalue weighted by atomic mass is 16.7. The molecule has 0 bridgehead atoms. The molecule has 1 aromatic heterocycles. The molecule has 1 aromatic carbocycles. The molecule has 144 valence electrons. The number of nitrogens with zero attached hydrogens (tertiary/aromatic N) is 1. The number of urea groups is 1. The Labute approximate surface area is 159 Å². The van der Waals surface area contributed by atoms with E-state index in [0.29, 0.717) is 35.2 Å². The SMILES string of the molecule is CCOc1cc2c(cc1/C=C1\C(=O)NC(=O)N(Cc3ccco3)C1=O)OCO2. The molecule has 0 spiro atoms. The van der Waals surface area contributed by atoms with Crippen LogP contribution in [0.5, 0.6) is 17.2 Å². The third kappa shape index (κ3) is 3.18. The summed E-state index contributed by atoms with van der Waals surface area (Å²) in [6, 6.07) is 5.72. The van der Waals surface area contributed by atoms with Gasteiger partial charge in [-0.05, 0) is 31.2 Å². The lowest BCUT2D eigenvalue weighted by atomic mass is 10.1. The number of hydrogen-bond acceptors (Lipinski definition) is 7. The smallest absolute Gasteiger partial charge is 0.331 e. The van der Waals surface area contributed by atoms with E-state index in [2.05, 4.69) is 5.32 Å². The molecule has 4 amide bonds. The quantitative estimate of drug-likeness (QED) is 0.621. The molecule has 0 radical (unpaired) electrons. The highest BCUT2D eigenvalue weighted by Gasteiger charge is 2.36. The number of ether oxygens (including phenoxy) is 3. The Bertz CT molecular complexity index is 978. The number of rotatable bonds is 5. The average molecular weight is 384 g/mol. The van der Waals surface area contributed by atoms with Crippen molar-refractivity contribution in [3.63, 3.8) is 0 Å². The number of barbiturate groups is 1. The normalized spacial score (nSPS) is 17.2. The van der Waals surface area contributed by atoms with Crippen LogP contribution < -0.4 is 19.5 Å². The van der Waals surface area contributed by atoms with Gasteiger partial charge in [-0.3, -0.25) is 19.8 Å². The molecule has 9 heteroatoms. The van der Waals surface area contributed by atoms with Crippen LogP contribution in [0.25, 0.3) is 6.08 Å². The molecule has 28 heavy (non-hydrogen) atoms. The van der Waals surface area contributed by atoms with E-state index in [1.54, 1.807) is 24.3 Å². The highest BCUT2D eigenvalue weighted by Crippen LogP contribution is 2.39. The second kappa shape index (κ2) is 7.10. The number of carbonyl (C=O) groups is 3. The van der Waals surface area contributed by atoms with Crippen LogP contribution in [0.4, 0.5) is 4.79 Å². The molecule has 2 aromatic rings. The number of furan rings is 1. The fourth-order valence-electron chi connectivity index (χ4n) is 2.88. The zero-order valence-corrected chi connectivity index (χ0v) is 14.9. The summed E-state index contributed by atoms with van der Waals surface area (Å²) in [6.07, 6.45) is 2.80. The van der Waals surface area contributed by atoms with Crippen LogP contribution in [0.2, 0.25) is 0 Å². The van der Waals surface area contributed by atoms with Crippen molar-refractivity contribution in [2.75, 3.05) is 13.4 Å². The maximum Gasteiger partial charge on any atom is 0.331 e. The predicted octanol–water partition coefficient (Wildman–Crippen LogP) is 2.07. The molecule has 1 saturated heterocycles. The summed E-state index contributed by atoms with van der Waals surface area (Å²) in [7, 11) is 0. The molecule has 0 aliphatic carbocycles. The summed E-state index contributed by atoms with van der Waals surface area (Å²) in [6.45, 7) is 2.16. The van der Waals surface area contributed by atoms with Gasteiger partial charge >= 0.3 is 6.03 Å². The summed E-state index contributed by atoms with van der Waals surface area (Å²) in [5.74, 6) is 0.308. The van der Waals surface area contributed by atoms with E-state index in [0.717, 1.165) is 4.90 Å². The molecule has 0 atom stereocenters. The number of nitrogens with one attached hydrogen (secondary N) is 1. The van der Waals surface area contributed by atoms with E-state index in [1.165, 1.54) is 12.3 Å². The summed E-state index contributed by atoms with van der Waals surface area (Å²) in [5, 5.41) is 2.17. The summed E-state index contributed by atoms with van der Waals surface area (Å²) < 4.78 is 21.5. The molecule has 2 aliphatic rings. The van der Waals surface area contributed by atoms with Crippen LogP contribution >= 0.6 is 0 Å². The molecule has 2 aliphatic heterocycles. The monoisotopic (exact) mass is 384 g/mol. The number of fused-ring (bicyclic) bond motifs is 1. The first-order valence-electron chi connectivity index (χ1n) is 8.54. The zero-order chi connectivity index (χ0) is 19.7. The lowest BCUT2D eigenvalue weighted by molar-refractivity contribution is -0.130. The Kier molecular flexibility index (Phi) is 4.48. The van der Waals surface area contributed by atoms with E-state index >= 15 is 0 Å². The molecule has 9 nitrogen and oxygen atoms in total. The largest absolute Gasteiger partial charge is 0.493 e. The van der Waals surface area contributed by atoms with E-state index in [9.17, 15) is 14.4 Å². The van der Waals surface area contributed by atoms with Crippen molar-refractivity contribution in [2.45, 2.75) is 13.5 Å². The number of amides is 4. The first-order valence-corrected chi connectivity index (χ1v) is 8.54. The van der Waals surface area contributed by atoms with Gasteiger partial charge in [0.05, 0.1) is 19.4 Å². The summed E-state index contributed by atoms with van der Waals surface area (Å²) in [4.78, 5) is 38.1. The van der Waals surface area contributed by atoms with Crippen LogP contribution in [-0.2, 0) is 16.1 Å². The van der Waals surface area contributed by atoms with Gasteiger partial charge in [0.1, 0.15) is 17.1 Å². The Balaban J connectivity index is 1.70. The van der Waals surface area contributed by atoms with E-state index in [1.807, 2.05) is 6.92 Å². The standard InChI is InChI=1S/C19H16N2O7/c1-2-25-14-8-16-15(27-10-28-16)7-11(14)6-13-17(22)20-19(24)21(18(13)23)9-12-4-3-5-26-12/h3-8H,2,9-10H2,1H3,(H,20,22,24)/b13-6+. The van der Waals surface area contributed by atoms with Gasteiger partial charge in [0, 0.05) is 11.6 Å². The van der Waals surface area contributed by atoms with Crippen molar-refractivity contribution in [3.05, 3.63) is 47.4 Å². The Morgan fingerprint density at radius 3 is 2.71 bits per heavy atom. The molecule has 4 rings (SSSR count). The van der Waals surface area contributed by atoms with E-state index < -0.39 is 17.8 Å². The third-order valence-corrected chi connectivity index (χ3v) is 4.18. The summed E-state index contributed by atoms with van der Waals surface area (Å²) in [5.41, 5.74) is 0.253. The maximum absolute atomic E-state index is 12.8. The first kappa shape index (κ1) is 17.7. The van der Waals surface area contributed by atoms with Gasteiger partial charge in [-0.15, -0.1) is 0 Å². The Morgan fingerprint density at radius 1 is 1.21 bits per heavy atom. The maximum atomic E-state index is 12.8. The molecule has 0 unspecified atom stereocenters. The Morgan fingerprint density at radius 2 is 2.00 bits per heavy atom. The van der Waals surface area contributed by atoms with Gasteiger partial charge < -0.3 is 18.6 Å². The zero-order valence-electron chi connectivity index (χ0n) is 14.9. The number of imide groups is 2. The molecular weight excluding hydrogens is 368 g/mol. The van der Waals surface area contributed by atoms with Gasteiger partial charge in [0.25, 0.3) is 11.8 Å². The minimum absolute atomic E-state index is 0.0752. The van der Waals surface area contributed by atoms with Crippen LogP contribution in [-0.4, -0.2) is 36.1 Å². The average Bonchev–Trinajstić information content (AvgIpc) is 3.33. The van der Waals surface area contributed by atoms with Crippen molar-refractivity contribution >= 4 is 23.9 Å². The number of hydrogen-bond donors (Lipinski definition) is 1. The van der Waals surface area contributed by atoms with E-state index in [-0.39, 0.29) is 18.9 Å². The van der Waals surface area contributed by atoms with Crippen LogP contribution in [0.15, 0.2) is 40.5 Å². The number of benzene rings is 1. The lowest BCUT2D eigenvalue weighted by Gasteiger charge is -2.25. The minimum Gasteiger partial charge on any atom is -0.493 e. The molecular formula is C19H16N2O7. The minimum atomic E-state index is -0.806. The molecule has 1 fully saturated rings. The second-order valence-electron chi connectivity index (χ2n) is 5.96. The predicted molar refractivity (Wildman–Crippen MR) is 94.5 cm³/mol. The van der Waals surface area contributed by atoms with Gasteiger partial charge in [-0.2, -0.15) is 0 Å². The summed E-state index contributed by atoms with van der Waals surface area (Å²) >= 11 is 0. The van der Waals surface area contributed by atoms with Crippen LogP contribution in [0.3, 0.4) is 0 Å². The van der Waals surface area contributed by atoms with Gasteiger partial charge in [-0.1, -0.05) is 0 Å². The highest BCUT2D eigenvalue weighted by molar-refractivity contribution is 6.31. The van der Waals surface area contributed by atoms with Crippen LogP contribution in [0.1, 0.15) is 18.2 Å². The fraction of sp³-hybridized carbons (Fsp3) is 0.211. The number of carbonyl (C=O) groups excluding carboxylic acids is 3. The van der Waals surface area contributed by atoms with Gasteiger partial charge in [-0.25, -0.2) is 4.79 Å². The van der Waals surface area contributed by atoms with Gasteiger partial charge in [0.15, 0.2) is 11.5 Å². The van der Waals surface area contributed by atoms with Crippen molar-refractivity contribution in [2.24, 2.45) is 0 Å². The topological polar surface area (TPSA) is 107 Å². The Hall–Kier alpha value is -3.75. The van der Waals surface area contributed by atoms with E-state index in [4.69, 9.17) is 18.6 Å². The lowest BCUT2D eigenvalue weighted by Crippen LogP contribution is -2.53. The first-order chi connectivity index (χ1) is 13.6. The van der Waals surface area contributed by atoms with Crippen molar-refractivity contribution in [1.29, 1.82) is 0 Å². The fourth-order valence-corrected chi connectivity index (χ4v) is 2.88. The molecule has 1 N–H and O–H groups in total. The van der Waals surface area contributed by atoms with Crippen LogP contribution in [0, 0.1) is 0 Å². The molecule has 0 saturated carbocycles. The molecule has 3 heterocycles. The third-order valence-electron chi connectivity index (χ3n) is 4.18. The van der Waals surface area contributed by atoms with Gasteiger partial charge in [0.2, 0.25) is 6.79 Å². The van der Waals surface area contributed by atoms with Crippen molar-refractivity contribution in [1.82, 2.24) is 10.2 Å². The second-order valence-corrected chi connectivity index (χ2v) is 5.96.